The SMILES string of the molecule is COCCCOC(=O)c1nnc(Cc2ccc3ncc(Cl)cc3c2)n1C. The van der Waals surface area contributed by atoms with Gasteiger partial charge in [-0.1, -0.05) is 17.7 Å². The first-order valence-corrected chi connectivity index (χ1v) is 8.55. The van der Waals surface area contributed by atoms with Gasteiger partial charge in [-0.15, -0.1) is 10.2 Å². The minimum absolute atomic E-state index is 0.183. The molecule has 2 aromatic heterocycles. The van der Waals surface area contributed by atoms with E-state index >= 15 is 0 Å². The molecule has 0 saturated heterocycles. The van der Waals surface area contributed by atoms with E-state index in [1.807, 2.05) is 24.3 Å². The molecule has 1 aromatic carbocycles. The Morgan fingerprint density at radius 2 is 2.08 bits per heavy atom. The normalized spacial score (nSPS) is 11.0. The Bertz CT molecular complexity index is 926. The van der Waals surface area contributed by atoms with E-state index in [-0.39, 0.29) is 12.4 Å². The fourth-order valence-electron chi connectivity index (χ4n) is 2.57. The average Bonchev–Trinajstić information content (AvgIpc) is 2.99. The van der Waals surface area contributed by atoms with E-state index in [1.165, 1.54) is 0 Å². The molecule has 8 heteroatoms. The number of methoxy groups -OCH3 is 1. The first kappa shape index (κ1) is 18.3. The second kappa shape index (κ2) is 8.25. The molecular weight excluding hydrogens is 356 g/mol. The standard InChI is InChI=1S/C18H19ClN4O3/c1-23-16(21-22-17(23)18(24)26-7-3-6-25-2)9-12-4-5-15-13(8-12)10-14(19)11-20-15/h4-5,8,10-11H,3,6-7,9H2,1-2H3. The monoisotopic (exact) mass is 374 g/mol. The van der Waals surface area contributed by atoms with Crippen molar-refractivity contribution >= 4 is 28.5 Å². The summed E-state index contributed by atoms with van der Waals surface area (Å²) in [6.45, 7) is 0.825. The van der Waals surface area contributed by atoms with Gasteiger partial charge in [-0.25, -0.2) is 4.79 Å². The van der Waals surface area contributed by atoms with Gasteiger partial charge in [0, 0.05) is 45.2 Å². The number of pyridine rings is 1. The summed E-state index contributed by atoms with van der Waals surface area (Å²) in [5.74, 6) is 0.364. The van der Waals surface area contributed by atoms with Crippen molar-refractivity contribution in [2.24, 2.45) is 7.05 Å². The second-order valence-electron chi connectivity index (χ2n) is 5.84. The number of fused-ring (bicyclic) bond motifs is 1. The summed E-state index contributed by atoms with van der Waals surface area (Å²) in [5, 5.41) is 9.62. The Kier molecular flexibility index (Phi) is 5.80. The number of rotatable bonds is 7. The van der Waals surface area contributed by atoms with Crippen LogP contribution in [0.5, 0.6) is 0 Å². The van der Waals surface area contributed by atoms with Gasteiger partial charge in [-0.2, -0.15) is 0 Å². The van der Waals surface area contributed by atoms with Gasteiger partial charge in [0.15, 0.2) is 0 Å². The lowest BCUT2D eigenvalue weighted by Crippen LogP contribution is -2.14. The van der Waals surface area contributed by atoms with Crippen molar-refractivity contribution in [3.8, 4) is 0 Å². The van der Waals surface area contributed by atoms with Gasteiger partial charge in [0.1, 0.15) is 5.82 Å². The third-order valence-electron chi connectivity index (χ3n) is 3.95. The highest BCUT2D eigenvalue weighted by atomic mass is 35.5. The van der Waals surface area contributed by atoms with Crippen LogP contribution in [0.3, 0.4) is 0 Å². The van der Waals surface area contributed by atoms with Crippen LogP contribution in [0, 0.1) is 0 Å². The molecule has 0 bridgehead atoms. The summed E-state index contributed by atoms with van der Waals surface area (Å²) in [7, 11) is 3.36. The highest BCUT2D eigenvalue weighted by Gasteiger charge is 2.18. The number of halogens is 1. The van der Waals surface area contributed by atoms with E-state index in [2.05, 4.69) is 15.2 Å². The topological polar surface area (TPSA) is 79.1 Å². The van der Waals surface area contributed by atoms with Crippen molar-refractivity contribution in [1.82, 2.24) is 19.7 Å². The molecule has 0 aliphatic carbocycles. The van der Waals surface area contributed by atoms with E-state index in [0.29, 0.717) is 30.3 Å². The molecule has 0 fully saturated rings. The number of benzene rings is 1. The Morgan fingerprint density at radius 3 is 2.88 bits per heavy atom. The molecule has 0 radical (unpaired) electrons. The first-order valence-electron chi connectivity index (χ1n) is 8.17. The third kappa shape index (κ3) is 4.17. The number of aromatic nitrogens is 4. The maximum Gasteiger partial charge on any atom is 0.376 e. The molecule has 7 nitrogen and oxygen atoms in total. The molecule has 136 valence electrons. The van der Waals surface area contributed by atoms with E-state index in [1.54, 1.807) is 24.9 Å². The van der Waals surface area contributed by atoms with Gasteiger partial charge >= 0.3 is 5.97 Å². The molecule has 3 aromatic rings. The zero-order chi connectivity index (χ0) is 18.5. The number of carbonyl (C=O) groups is 1. The molecular formula is C18H19ClN4O3. The van der Waals surface area contributed by atoms with Gasteiger partial charge in [0.2, 0.25) is 5.82 Å². The van der Waals surface area contributed by atoms with Crippen LogP contribution in [-0.4, -0.2) is 46.0 Å². The molecule has 0 aliphatic rings. The van der Waals surface area contributed by atoms with Crippen LogP contribution in [0.15, 0.2) is 30.5 Å². The van der Waals surface area contributed by atoms with Crippen molar-refractivity contribution in [2.45, 2.75) is 12.8 Å². The van der Waals surface area contributed by atoms with Crippen LogP contribution in [0.1, 0.15) is 28.4 Å². The number of hydrogen-bond donors (Lipinski definition) is 0. The number of nitrogens with zero attached hydrogens (tertiary/aromatic N) is 4. The van der Waals surface area contributed by atoms with Crippen molar-refractivity contribution < 1.29 is 14.3 Å². The molecule has 26 heavy (non-hydrogen) atoms. The fraction of sp³-hybridized carbons (Fsp3) is 0.333. The summed E-state index contributed by atoms with van der Waals surface area (Å²) in [5.41, 5.74) is 1.90. The summed E-state index contributed by atoms with van der Waals surface area (Å²) in [4.78, 5) is 16.4. The van der Waals surface area contributed by atoms with Crippen LogP contribution in [0.4, 0.5) is 0 Å². The van der Waals surface area contributed by atoms with Crippen LogP contribution < -0.4 is 0 Å². The quantitative estimate of drug-likeness (QED) is 0.467. The van der Waals surface area contributed by atoms with Crippen LogP contribution in [0.25, 0.3) is 10.9 Å². The van der Waals surface area contributed by atoms with Crippen molar-refractivity contribution in [1.29, 1.82) is 0 Å². The highest BCUT2D eigenvalue weighted by molar-refractivity contribution is 6.31. The number of carbonyl (C=O) groups excluding carboxylic acids is 1. The van der Waals surface area contributed by atoms with E-state index < -0.39 is 5.97 Å². The fourth-order valence-corrected chi connectivity index (χ4v) is 2.74. The van der Waals surface area contributed by atoms with Crippen molar-refractivity contribution in [3.05, 3.63) is 52.7 Å². The maximum absolute atomic E-state index is 12.1. The molecule has 0 spiro atoms. The van der Waals surface area contributed by atoms with Crippen molar-refractivity contribution in [3.63, 3.8) is 0 Å². The van der Waals surface area contributed by atoms with Gasteiger partial charge < -0.3 is 14.0 Å². The van der Waals surface area contributed by atoms with Crippen LogP contribution >= 0.6 is 11.6 Å². The number of hydrogen-bond acceptors (Lipinski definition) is 6. The molecule has 0 saturated carbocycles. The van der Waals surface area contributed by atoms with E-state index in [9.17, 15) is 4.79 Å². The molecule has 0 N–H and O–H groups in total. The van der Waals surface area contributed by atoms with Crippen molar-refractivity contribution in [2.75, 3.05) is 20.3 Å². The second-order valence-corrected chi connectivity index (χ2v) is 6.27. The zero-order valence-corrected chi connectivity index (χ0v) is 15.4. The lowest BCUT2D eigenvalue weighted by atomic mass is 10.1. The summed E-state index contributed by atoms with van der Waals surface area (Å²) in [6, 6.07) is 7.78. The molecule has 0 aliphatic heterocycles. The first-order chi connectivity index (χ1) is 12.6. The maximum atomic E-state index is 12.1. The predicted octanol–water partition coefficient (Wildman–Crippen LogP) is 2.80. The summed E-state index contributed by atoms with van der Waals surface area (Å²) in [6.07, 6.45) is 2.79. The predicted molar refractivity (Wildman–Crippen MR) is 97.3 cm³/mol. The Hall–Kier alpha value is -2.51. The molecule has 0 unspecified atom stereocenters. The van der Waals surface area contributed by atoms with Gasteiger partial charge in [0.05, 0.1) is 17.1 Å². The van der Waals surface area contributed by atoms with Gasteiger partial charge in [0.25, 0.3) is 0 Å². The lowest BCUT2D eigenvalue weighted by Gasteiger charge is -2.06. The minimum atomic E-state index is -0.489. The number of ether oxygens (including phenoxy) is 2. The lowest BCUT2D eigenvalue weighted by molar-refractivity contribution is 0.0449. The average molecular weight is 375 g/mol. The molecule has 0 amide bonds. The van der Waals surface area contributed by atoms with E-state index in [4.69, 9.17) is 21.1 Å². The summed E-state index contributed by atoms with van der Waals surface area (Å²) >= 11 is 6.01. The van der Waals surface area contributed by atoms with Crippen LogP contribution in [0.2, 0.25) is 5.02 Å². The highest BCUT2D eigenvalue weighted by Crippen LogP contribution is 2.19. The molecule has 0 atom stereocenters. The zero-order valence-electron chi connectivity index (χ0n) is 14.6. The van der Waals surface area contributed by atoms with E-state index in [0.717, 1.165) is 16.5 Å². The Labute approximate surface area is 155 Å². The largest absolute Gasteiger partial charge is 0.460 e. The van der Waals surface area contributed by atoms with Gasteiger partial charge in [-0.05, 0) is 23.8 Å². The molecule has 3 rings (SSSR count). The van der Waals surface area contributed by atoms with Crippen LogP contribution in [-0.2, 0) is 22.9 Å². The smallest absolute Gasteiger partial charge is 0.376 e. The Balaban J connectivity index is 1.72. The van der Waals surface area contributed by atoms with Gasteiger partial charge in [-0.3, -0.25) is 4.98 Å². The molecule has 2 heterocycles. The Morgan fingerprint density at radius 1 is 1.23 bits per heavy atom. The third-order valence-corrected chi connectivity index (χ3v) is 4.15. The minimum Gasteiger partial charge on any atom is -0.460 e. The summed E-state index contributed by atoms with van der Waals surface area (Å²) < 4.78 is 11.8. The number of esters is 1.